The van der Waals surface area contributed by atoms with Crippen LogP contribution in [0.2, 0.25) is 0 Å². The molecule has 1 aliphatic rings. The summed E-state index contributed by atoms with van der Waals surface area (Å²) in [5, 5.41) is 1.17. The SMILES string of the molecule is CCC1CCCN(c2cc(N)c(C(=O)C(C)C)s2)C1. The summed E-state index contributed by atoms with van der Waals surface area (Å²) in [5.74, 6) is 0.956. The molecule has 1 saturated heterocycles. The maximum Gasteiger partial charge on any atom is 0.177 e. The lowest BCUT2D eigenvalue weighted by atomic mass is 9.96. The van der Waals surface area contributed by atoms with Crippen LogP contribution in [0.1, 0.15) is 49.7 Å². The maximum absolute atomic E-state index is 12.1. The van der Waals surface area contributed by atoms with E-state index in [0.717, 1.165) is 23.9 Å². The second kappa shape index (κ2) is 5.95. The molecule has 3 nitrogen and oxygen atoms in total. The first-order valence-electron chi connectivity index (χ1n) is 7.21. The molecular weight excluding hydrogens is 256 g/mol. The molecule has 1 aromatic heterocycles. The minimum absolute atomic E-state index is 0.0125. The summed E-state index contributed by atoms with van der Waals surface area (Å²) >= 11 is 1.57. The van der Waals surface area contributed by atoms with Crippen molar-refractivity contribution in [1.29, 1.82) is 0 Å². The number of nitrogens with zero attached hydrogens (tertiary/aromatic N) is 1. The fraction of sp³-hybridized carbons (Fsp3) is 0.667. The number of nitrogens with two attached hydrogens (primary N) is 1. The number of hydrogen-bond acceptors (Lipinski definition) is 4. The summed E-state index contributed by atoms with van der Waals surface area (Å²) in [7, 11) is 0. The smallest absolute Gasteiger partial charge is 0.177 e. The highest BCUT2D eigenvalue weighted by atomic mass is 32.1. The standard InChI is InChI=1S/C15H24N2OS/c1-4-11-6-5-7-17(9-11)13-8-12(16)15(19-13)14(18)10(2)3/h8,10-11H,4-7,9,16H2,1-3H3. The number of carbonyl (C=O) groups is 1. The zero-order valence-corrected chi connectivity index (χ0v) is 12.9. The minimum Gasteiger partial charge on any atom is -0.397 e. The van der Waals surface area contributed by atoms with Crippen LogP contribution in [0.4, 0.5) is 10.7 Å². The highest BCUT2D eigenvalue weighted by molar-refractivity contribution is 7.18. The Kier molecular flexibility index (Phi) is 4.50. The quantitative estimate of drug-likeness (QED) is 0.853. The first kappa shape index (κ1) is 14.4. The molecule has 1 unspecified atom stereocenters. The molecular formula is C15H24N2OS. The molecule has 106 valence electrons. The molecule has 2 heterocycles. The van der Waals surface area contributed by atoms with Crippen molar-refractivity contribution in [2.24, 2.45) is 11.8 Å². The van der Waals surface area contributed by atoms with Crippen molar-refractivity contribution in [3.05, 3.63) is 10.9 Å². The molecule has 1 aliphatic heterocycles. The van der Waals surface area contributed by atoms with E-state index in [-0.39, 0.29) is 11.7 Å². The van der Waals surface area contributed by atoms with Crippen LogP contribution < -0.4 is 10.6 Å². The van der Waals surface area contributed by atoms with Crippen LogP contribution in [0, 0.1) is 11.8 Å². The average molecular weight is 280 g/mol. The lowest BCUT2D eigenvalue weighted by molar-refractivity contribution is 0.0944. The lowest BCUT2D eigenvalue weighted by Gasteiger charge is -2.32. The number of rotatable bonds is 4. The van der Waals surface area contributed by atoms with Crippen LogP contribution in [0.15, 0.2) is 6.07 Å². The predicted octanol–water partition coefficient (Wildman–Crippen LogP) is 3.80. The van der Waals surface area contributed by atoms with Gasteiger partial charge in [-0.15, -0.1) is 11.3 Å². The van der Waals surface area contributed by atoms with Gasteiger partial charge in [-0.1, -0.05) is 27.2 Å². The van der Waals surface area contributed by atoms with Gasteiger partial charge in [0.05, 0.1) is 15.6 Å². The van der Waals surface area contributed by atoms with Crippen LogP contribution in [0.3, 0.4) is 0 Å². The first-order chi connectivity index (χ1) is 9.02. The van der Waals surface area contributed by atoms with Crippen molar-refractivity contribution in [1.82, 2.24) is 0 Å². The normalized spacial score (nSPS) is 20.0. The van der Waals surface area contributed by atoms with Crippen molar-refractivity contribution in [3.63, 3.8) is 0 Å². The molecule has 19 heavy (non-hydrogen) atoms. The van der Waals surface area contributed by atoms with Crippen LogP contribution in [0.25, 0.3) is 0 Å². The van der Waals surface area contributed by atoms with E-state index in [4.69, 9.17) is 5.73 Å². The van der Waals surface area contributed by atoms with Gasteiger partial charge < -0.3 is 10.6 Å². The van der Waals surface area contributed by atoms with Gasteiger partial charge in [0, 0.05) is 19.0 Å². The molecule has 0 saturated carbocycles. The van der Waals surface area contributed by atoms with Gasteiger partial charge >= 0.3 is 0 Å². The highest BCUT2D eigenvalue weighted by Crippen LogP contribution is 2.36. The van der Waals surface area contributed by atoms with Crippen molar-refractivity contribution >= 4 is 27.8 Å². The third kappa shape index (κ3) is 3.11. The zero-order valence-electron chi connectivity index (χ0n) is 12.1. The first-order valence-corrected chi connectivity index (χ1v) is 8.03. The molecule has 2 rings (SSSR count). The molecule has 0 aliphatic carbocycles. The molecule has 4 heteroatoms. The summed E-state index contributed by atoms with van der Waals surface area (Å²) in [5.41, 5.74) is 6.67. The molecule has 0 radical (unpaired) electrons. The molecule has 0 bridgehead atoms. The largest absolute Gasteiger partial charge is 0.397 e. The number of thiophene rings is 1. The number of ketones is 1. The van der Waals surface area contributed by atoms with Gasteiger partial charge in [0.2, 0.25) is 0 Å². The van der Waals surface area contributed by atoms with Gasteiger partial charge in [0.25, 0.3) is 0 Å². The van der Waals surface area contributed by atoms with E-state index in [1.807, 2.05) is 19.9 Å². The Morgan fingerprint density at radius 3 is 2.95 bits per heavy atom. The van der Waals surface area contributed by atoms with Gasteiger partial charge in [-0.25, -0.2) is 0 Å². The van der Waals surface area contributed by atoms with E-state index >= 15 is 0 Å². The fourth-order valence-corrected chi connectivity index (χ4v) is 3.80. The Hall–Kier alpha value is -1.03. The van der Waals surface area contributed by atoms with Crippen molar-refractivity contribution in [2.45, 2.75) is 40.0 Å². The van der Waals surface area contributed by atoms with Gasteiger partial charge in [-0.2, -0.15) is 0 Å². The molecule has 2 N–H and O–H groups in total. The van der Waals surface area contributed by atoms with E-state index < -0.39 is 0 Å². The molecule has 1 fully saturated rings. The van der Waals surface area contributed by atoms with Crippen LogP contribution in [0.5, 0.6) is 0 Å². The van der Waals surface area contributed by atoms with Gasteiger partial charge in [-0.3, -0.25) is 4.79 Å². The third-order valence-electron chi connectivity index (χ3n) is 3.90. The predicted molar refractivity (Wildman–Crippen MR) is 83.1 cm³/mol. The second-order valence-corrected chi connectivity index (χ2v) is 6.78. The van der Waals surface area contributed by atoms with Crippen molar-refractivity contribution < 1.29 is 4.79 Å². The molecule has 1 atom stereocenters. The lowest BCUT2D eigenvalue weighted by Crippen LogP contribution is -2.34. The van der Waals surface area contributed by atoms with Gasteiger partial charge in [0.1, 0.15) is 0 Å². The summed E-state index contributed by atoms with van der Waals surface area (Å²) in [6.45, 7) is 8.30. The summed E-state index contributed by atoms with van der Waals surface area (Å²) < 4.78 is 0. The average Bonchev–Trinajstić information content (AvgIpc) is 2.80. The maximum atomic E-state index is 12.1. The zero-order chi connectivity index (χ0) is 14.0. The summed E-state index contributed by atoms with van der Waals surface area (Å²) in [4.78, 5) is 15.2. The van der Waals surface area contributed by atoms with Gasteiger partial charge in [0.15, 0.2) is 5.78 Å². The Balaban J connectivity index is 2.17. The van der Waals surface area contributed by atoms with Crippen molar-refractivity contribution in [3.8, 4) is 0 Å². The topological polar surface area (TPSA) is 46.3 Å². The second-order valence-electron chi connectivity index (χ2n) is 5.75. The minimum atomic E-state index is 0.0125. The number of piperidine rings is 1. The third-order valence-corrected chi connectivity index (χ3v) is 5.13. The monoisotopic (exact) mass is 280 g/mol. The Morgan fingerprint density at radius 1 is 1.58 bits per heavy atom. The number of Topliss-reactive ketones (excluding diaryl/α,β-unsaturated/α-hetero) is 1. The van der Waals surface area contributed by atoms with Crippen LogP contribution in [-0.2, 0) is 0 Å². The van der Waals surface area contributed by atoms with E-state index in [2.05, 4.69) is 11.8 Å². The van der Waals surface area contributed by atoms with Crippen LogP contribution in [-0.4, -0.2) is 18.9 Å². The van der Waals surface area contributed by atoms with E-state index in [9.17, 15) is 4.79 Å². The molecule has 0 spiro atoms. The summed E-state index contributed by atoms with van der Waals surface area (Å²) in [6.07, 6.45) is 3.80. The van der Waals surface area contributed by atoms with E-state index in [1.165, 1.54) is 24.3 Å². The Labute approximate surface area is 119 Å². The highest BCUT2D eigenvalue weighted by Gasteiger charge is 2.23. The number of nitrogen functional groups attached to an aromatic ring is 1. The molecule has 1 aromatic rings. The Bertz CT molecular complexity index is 453. The molecule has 0 amide bonds. The van der Waals surface area contributed by atoms with Gasteiger partial charge in [-0.05, 0) is 24.8 Å². The molecule has 0 aromatic carbocycles. The number of hydrogen-bond donors (Lipinski definition) is 1. The number of carbonyl (C=O) groups excluding carboxylic acids is 1. The number of anilines is 2. The van der Waals surface area contributed by atoms with Crippen LogP contribution >= 0.6 is 11.3 Å². The van der Waals surface area contributed by atoms with E-state index in [0.29, 0.717) is 5.69 Å². The van der Waals surface area contributed by atoms with Crippen molar-refractivity contribution in [2.75, 3.05) is 23.7 Å². The summed E-state index contributed by atoms with van der Waals surface area (Å²) in [6, 6.07) is 1.98. The van der Waals surface area contributed by atoms with E-state index in [1.54, 1.807) is 11.3 Å². The Morgan fingerprint density at radius 2 is 2.32 bits per heavy atom. The fourth-order valence-electron chi connectivity index (χ4n) is 2.60.